The number of rotatable bonds is 4. The Kier molecular flexibility index (Phi) is 3.46. The molecule has 0 saturated heterocycles. The minimum Gasteiger partial charge on any atom is -0.361 e. The van der Waals surface area contributed by atoms with Gasteiger partial charge in [-0.25, -0.2) is 0 Å². The van der Waals surface area contributed by atoms with Crippen LogP contribution >= 0.6 is 0 Å². The number of H-pyrrole nitrogens is 1. The molecular weight excluding hydrogens is 265 g/mol. The van der Waals surface area contributed by atoms with Gasteiger partial charge in [-0.3, -0.25) is 0 Å². The summed E-state index contributed by atoms with van der Waals surface area (Å²) < 4.78 is 36.2. The summed E-state index contributed by atoms with van der Waals surface area (Å²) in [6.45, 7) is -0.589. The second kappa shape index (κ2) is 5.13. The van der Waals surface area contributed by atoms with Gasteiger partial charge in [0, 0.05) is 17.1 Å². The average molecular weight is 282 g/mol. The summed E-state index contributed by atoms with van der Waals surface area (Å²) in [7, 11) is 0. The summed E-state index contributed by atoms with van der Waals surface area (Å²) in [6.07, 6.45) is 1.82. The van der Waals surface area contributed by atoms with Crippen LogP contribution in [0.25, 0.3) is 10.9 Å². The molecule has 2 N–H and O–H groups in total. The van der Waals surface area contributed by atoms with E-state index in [1.54, 1.807) is 0 Å². The van der Waals surface area contributed by atoms with Crippen LogP contribution in [0.2, 0.25) is 0 Å². The number of benzene rings is 1. The van der Waals surface area contributed by atoms with Crippen LogP contribution < -0.4 is 5.32 Å². The number of aryl methyl sites for hydroxylation is 2. The van der Waals surface area contributed by atoms with E-state index in [0.29, 0.717) is 13.0 Å². The molecule has 0 spiro atoms. The van der Waals surface area contributed by atoms with Crippen molar-refractivity contribution < 1.29 is 13.2 Å². The minimum atomic E-state index is -4.14. The summed E-state index contributed by atoms with van der Waals surface area (Å²) in [5, 5.41) is 3.59. The predicted molar refractivity (Wildman–Crippen MR) is 73.0 cm³/mol. The van der Waals surface area contributed by atoms with E-state index >= 15 is 0 Å². The Bertz CT molecular complexity index is 613. The Morgan fingerprint density at radius 1 is 1.15 bits per heavy atom. The monoisotopic (exact) mass is 282 g/mol. The Balaban J connectivity index is 1.69. The first-order valence-electron chi connectivity index (χ1n) is 6.92. The van der Waals surface area contributed by atoms with Crippen LogP contribution in [0.3, 0.4) is 0 Å². The zero-order valence-corrected chi connectivity index (χ0v) is 11.1. The lowest BCUT2D eigenvalue weighted by molar-refractivity contribution is -0.124. The normalized spacial score (nSPS) is 14.9. The molecule has 3 rings (SSSR count). The van der Waals surface area contributed by atoms with Crippen molar-refractivity contribution in [3.05, 3.63) is 35.0 Å². The zero-order valence-electron chi connectivity index (χ0n) is 11.1. The molecule has 0 saturated carbocycles. The van der Waals surface area contributed by atoms with E-state index < -0.39 is 12.7 Å². The number of fused-ring (bicyclic) bond motifs is 2. The van der Waals surface area contributed by atoms with E-state index in [0.717, 1.165) is 29.3 Å². The third kappa shape index (κ3) is 2.82. The van der Waals surface area contributed by atoms with E-state index in [2.05, 4.69) is 22.4 Å². The van der Waals surface area contributed by atoms with Gasteiger partial charge in [-0.15, -0.1) is 0 Å². The van der Waals surface area contributed by atoms with Crippen LogP contribution in [0.4, 0.5) is 13.2 Å². The molecule has 1 aromatic heterocycles. The van der Waals surface area contributed by atoms with Gasteiger partial charge in [-0.2, -0.15) is 13.2 Å². The van der Waals surface area contributed by atoms with Gasteiger partial charge in [0.15, 0.2) is 0 Å². The summed E-state index contributed by atoms with van der Waals surface area (Å²) in [4.78, 5) is 3.23. The molecule has 1 aliphatic carbocycles. The van der Waals surface area contributed by atoms with E-state index in [-0.39, 0.29) is 0 Å². The third-order valence-electron chi connectivity index (χ3n) is 3.88. The van der Waals surface area contributed by atoms with E-state index in [1.165, 1.54) is 17.5 Å². The molecule has 0 unspecified atom stereocenters. The maximum absolute atomic E-state index is 12.1. The average Bonchev–Trinajstić information content (AvgIpc) is 2.97. The van der Waals surface area contributed by atoms with Gasteiger partial charge in [0.05, 0.1) is 6.54 Å². The van der Waals surface area contributed by atoms with Gasteiger partial charge in [0.1, 0.15) is 0 Å². The minimum absolute atomic E-state index is 0.337. The topological polar surface area (TPSA) is 27.8 Å². The molecule has 1 aromatic carbocycles. The molecule has 20 heavy (non-hydrogen) atoms. The standard InChI is InChI=1S/C15H17F3N2/c16-15(17,18)9-19-5-4-12-8-20-14-7-11-3-1-2-10(11)6-13(12)14/h6-8,19-20H,1-5,9H2. The molecule has 0 bridgehead atoms. The van der Waals surface area contributed by atoms with Crippen LogP contribution in [0, 0.1) is 0 Å². The molecule has 1 aliphatic rings. The smallest absolute Gasteiger partial charge is 0.361 e. The highest BCUT2D eigenvalue weighted by molar-refractivity contribution is 5.85. The lowest BCUT2D eigenvalue weighted by Crippen LogP contribution is -2.30. The highest BCUT2D eigenvalue weighted by atomic mass is 19.4. The highest BCUT2D eigenvalue weighted by Crippen LogP contribution is 2.29. The number of halogens is 3. The van der Waals surface area contributed by atoms with Gasteiger partial charge in [0.25, 0.3) is 0 Å². The van der Waals surface area contributed by atoms with Gasteiger partial charge < -0.3 is 10.3 Å². The molecule has 2 aromatic rings. The summed E-state index contributed by atoms with van der Waals surface area (Å²) >= 11 is 0. The van der Waals surface area contributed by atoms with Crippen molar-refractivity contribution in [1.82, 2.24) is 10.3 Å². The van der Waals surface area contributed by atoms with Crippen LogP contribution in [-0.2, 0) is 19.3 Å². The van der Waals surface area contributed by atoms with E-state index in [9.17, 15) is 13.2 Å². The molecule has 1 heterocycles. The molecule has 2 nitrogen and oxygen atoms in total. The number of hydrogen-bond donors (Lipinski definition) is 2. The van der Waals surface area contributed by atoms with Crippen molar-refractivity contribution >= 4 is 10.9 Å². The Morgan fingerprint density at radius 2 is 1.90 bits per heavy atom. The fraction of sp³-hybridized carbons (Fsp3) is 0.467. The zero-order chi connectivity index (χ0) is 14.2. The number of alkyl halides is 3. The Hall–Kier alpha value is -1.49. The molecule has 5 heteroatoms. The molecule has 0 amide bonds. The molecule has 0 radical (unpaired) electrons. The lowest BCUT2D eigenvalue weighted by atomic mass is 10.0. The summed E-state index contributed by atoms with van der Waals surface area (Å²) in [5.74, 6) is 0. The first-order valence-corrected chi connectivity index (χ1v) is 6.92. The van der Waals surface area contributed by atoms with Crippen molar-refractivity contribution in [2.24, 2.45) is 0 Å². The quantitative estimate of drug-likeness (QED) is 0.827. The second-order valence-corrected chi connectivity index (χ2v) is 5.38. The summed E-state index contributed by atoms with van der Waals surface area (Å²) in [6, 6.07) is 4.39. The maximum Gasteiger partial charge on any atom is 0.401 e. The fourth-order valence-corrected chi connectivity index (χ4v) is 2.91. The number of nitrogens with one attached hydrogen (secondary N) is 2. The largest absolute Gasteiger partial charge is 0.401 e. The van der Waals surface area contributed by atoms with Crippen LogP contribution in [0.15, 0.2) is 18.3 Å². The number of aromatic nitrogens is 1. The van der Waals surface area contributed by atoms with Crippen molar-refractivity contribution in [3.63, 3.8) is 0 Å². The molecule has 0 atom stereocenters. The van der Waals surface area contributed by atoms with E-state index in [4.69, 9.17) is 0 Å². The first kappa shape index (κ1) is 13.5. The van der Waals surface area contributed by atoms with Gasteiger partial charge in [0.2, 0.25) is 0 Å². The molecular formula is C15H17F3N2. The number of aromatic amines is 1. The third-order valence-corrected chi connectivity index (χ3v) is 3.88. The van der Waals surface area contributed by atoms with Crippen molar-refractivity contribution in [3.8, 4) is 0 Å². The van der Waals surface area contributed by atoms with Crippen molar-refractivity contribution in [2.75, 3.05) is 13.1 Å². The lowest BCUT2D eigenvalue weighted by Gasteiger charge is -2.07. The first-order chi connectivity index (χ1) is 9.53. The van der Waals surface area contributed by atoms with Crippen molar-refractivity contribution in [1.29, 1.82) is 0 Å². The summed E-state index contributed by atoms with van der Waals surface area (Å²) in [5.41, 5.74) is 4.98. The molecule has 0 aliphatic heterocycles. The van der Waals surface area contributed by atoms with Gasteiger partial charge >= 0.3 is 6.18 Å². The Morgan fingerprint density at radius 3 is 2.65 bits per heavy atom. The van der Waals surface area contributed by atoms with Crippen molar-refractivity contribution in [2.45, 2.75) is 31.9 Å². The molecule has 108 valence electrons. The fourth-order valence-electron chi connectivity index (χ4n) is 2.91. The SMILES string of the molecule is FC(F)(F)CNCCc1c[nH]c2cc3c(cc12)CCC3. The highest BCUT2D eigenvalue weighted by Gasteiger charge is 2.26. The number of hydrogen-bond acceptors (Lipinski definition) is 1. The van der Waals surface area contributed by atoms with Gasteiger partial charge in [-0.1, -0.05) is 0 Å². The second-order valence-electron chi connectivity index (χ2n) is 5.38. The van der Waals surface area contributed by atoms with Crippen LogP contribution in [0.1, 0.15) is 23.1 Å². The van der Waals surface area contributed by atoms with Crippen LogP contribution in [-0.4, -0.2) is 24.2 Å². The molecule has 0 fully saturated rings. The van der Waals surface area contributed by atoms with Crippen LogP contribution in [0.5, 0.6) is 0 Å². The predicted octanol–water partition coefficient (Wildman–Crippen LogP) is 3.35. The Labute approximate surface area is 115 Å². The maximum atomic E-state index is 12.1. The van der Waals surface area contributed by atoms with Gasteiger partial charge in [-0.05, 0) is 61.1 Å². The van der Waals surface area contributed by atoms with E-state index in [1.807, 2.05) is 6.20 Å².